The summed E-state index contributed by atoms with van der Waals surface area (Å²) in [5.74, 6) is 0.691. The fourth-order valence-electron chi connectivity index (χ4n) is 4.24. The number of nitrogens with zero attached hydrogens (tertiary/aromatic N) is 5. The van der Waals surface area contributed by atoms with E-state index in [4.69, 9.17) is 16.7 Å². The van der Waals surface area contributed by atoms with E-state index in [0.717, 1.165) is 25.2 Å². The summed E-state index contributed by atoms with van der Waals surface area (Å²) >= 11 is 0. The van der Waals surface area contributed by atoms with Gasteiger partial charge in [-0.3, -0.25) is 10.2 Å². The van der Waals surface area contributed by atoms with Gasteiger partial charge in [0.25, 0.3) is 0 Å². The second-order valence-electron chi connectivity index (χ2n) is 7.84. The lowest BCUT2D eigenvalue weighted by Gasteiger charge is -2.27. The van der Waals surface area contributed by atoms with Crippen LogP contribution in [0.5, 0.6) is 0 Å². The maximum Gasteiger partial charge on any atom is 0.211 e. The normalized spacial score (nSPS) is 18.5. The number of benzene rings is 1. The summed E-state index contributed by atoms with van der Waals surface area (Å²) in [6, 6.07) is 9.71. The van der Waals surface area contributed by atoms with Crippen LogP contribution in [0, 0.1) is 22.8 Å². The van der Waals surface area contributed by atoms with Crippen LogP contribution in [0.25, 0.3) is 0 Å². The number of nitrogens with two attached hydrogens (primary N) is 2. The van der Waals surface area contributed by atoms with Crippen LogP contribution >= 0.6 is 0 Å². The molecule has 0 aliphatic carbocycles. The number of aliphatic imine (C=N–C) groups is 1. The largest absolute Gasteiger partial charge is 0.397 e. The van der Waals surface area contributed by atoms with E-state index in [1.54, 1.807) is 0 Å². The molecule has 9 nitrogen and oxygen atoms in total. The summed E-state index contributed by atoms with van der Waals surface area (Å²) in [5.41, 5.74) is 15.3. The Kier molecular flexibility index (Phi) is 5.87. The van der Waals surface area contributed by atoms with Crippen molar-refractivity contribution in [1.29, 1.82) is 10.5 Å². The number of nitrogens with one attached hydrogen (secondary N) is 2. The number of pyridine rings is 1. The molecule has 2 aromatic rings. The number of likely N-dealkylation sites (tertiary alicyclic amines) is 1. The highest BCUT2D eigenvalue weighted by atomic mass is 15.2. The molecule has 1 unspecified atom stereocenters. The van der Waals surface area contributed by atoms with Crippen LogP contribution in [-0.2, 0) is 6.54 Å². The van der Waals surface area contributed by atoms with Crippen molar-refractivity contribution in [2.75, 3.05) is 29.9 Å². The number of fused-ring (bicyclic) bond motifs is 1. The maximum absolute atomic E-state index is 9.48. The number of rotatable bonds is 3. The van der Waals surface area contributed by atoms with Gasteiger partial charge in [0.15, 0.2) is 6.19 Å². The van der Waals surface area contributed by atoms with Gasteiger partial charge in [-0.25, -0.2) is 9.98 Å². The highest BCUT2D eigenvalue weighted by molar-refractivity contribution is 5.98. The Balaban J connectivity index is 1.73. The van der Waals surface area contributed by atoms with Crippen molar-refractivity contribution in [1.82, 2.24) is 15.2 Å². The number of anilines is 3. The van der Waals surface area contributed by atoms with Crippen molar-refractivity contribution in [3.63, 3.8) is 0 Å². The topological polar surface area (TPSA) is 152 Å². The number of aromatic nitrogens is 1. The van der Waals surface area contributed by atoms with Gasteiger partial charge < -0.3 is 16.8 Å². The van der Waals surface area contributed by atoms with Gasteiger partial charge in [0.2, 0.25) is 5.96 Å². The number of hydrogen-bond donors (Lipinski definition) is 4. The van der Waals surface area contributed by atoms with Gasteiger partial charge in [0.05, 0.1) is 5.69 Å². The molecule has 2 aliphatic rings. The Morgan fingerprint density at radius 2 is 1.94 bits per heavy atom. The summed E-state index contributed by atoms with van der Waals surface area (Å²) in [5, 5.41) is 24.0. The zero-order valence-electron chi connectivity index (χ0n) is 17.2. The molecule has 9 heteroatoms. The van der Waals surface area contributed by atoms with Crippen LogP contribution in [0.4, 0.5) is 17.3 Å². The first-order chi connectivity index (χ1) is 15.1. The number of hydrogen-bond acceptors (Lipinski definition) is 9. The van der Waals surface area contributed by atoms with E-state index >= 15 is 0 Å². The van der Waals surface area contributed by atoms with Crippen LogP contribution in [0.15, 0.2) is 29.3 Å². The number of nitrogen functional groups attached to an aromatic ring is 2. The highest BCUT2D eigenvalue weighted by Crippen LogP contribution is 2.40. The molecule has 0 bridgehead atoms. The Morgan fingerprint density at radius 3 is 2.65 bits per heavy atom. The molecular formula is C22H25N9. The minimum absolute atomic E-state index is 0.0399. The molecule has 31 heavy (non-hydrogen) atoms. The minimum atomic E-state index is -0.517. The Labute approximate surface area is 181 Å². The van der Waals surface area contributed by atoms with Gasteiger partial charge in [0, 0.05) is 12.1 Å². The van der Waals surface area contributed by atoms with E-state index in [-0.39, 0.29) is 23.0 Å². The van der Waals surface area contributed by atoms with Gasteiger partial charge in [0.1, 0.15) is 29.3 Å². The van der Waals surface area contributed by atoms with Crippen LogP contribution < -0.4 is 22.1 Å². The monoisotopic (exact) mass is 415 g/mol. The molecule has 0 amide bonds. The third kappa shape index (κ3) is 4.23. The average molecular weight is 416 g/mol. The molecule has 0 radical (unpaired) electrons. The molecule has 2 aliphatic heterocycles. The summed E-state index contributed by atoms with van der Waals surface area (Å²) in [7, 11) is 0. The first kappa shape index (κ1) is 20.5. The van der Waals surface area contributed by atoms with Crippen molar-refractivity contribution in [2.24, 2.45) is 4.99 Å². The standard InChI is InChI=1S/C22H25N9/c23-11-16-18(25)17-19(28-22(27-13-24)30-21(17)29-20(16)26)15-7-5-6-14(10-15)12-31-8-3-1-2-4-9-31/h5-7,10,19H,1-4,8-9,12H2,(H6,25,26,27,28,29,30). The van der Waals surface area contributed by atoms with E-state index in [2.05, 4.69) is 37.6 Å². The molecule has 0 saturated carbocycles. The third-order valence-electron chi connectivity index (χ3n) is 5.73. The summed E-state index contributed by atoms with van der Waals surface area (Å²) < 4.78 is 0. The van der Waals surface area contributed by atoms with Gasteiger partial charge >= 0.3 is 0 Å². The number of nitriles is 2. The van der Waals surface area contributed by atoms with E-state index in [1.165, 1.54) is 31.2 Å². The molecular weight excluding hydrogens is 390 g/mol. The van der Waals surface area contributed by atoms with E-state index < -0.39 is 6.04 Å². The lowest BCUT2D eigenvalue weighted by Crippen LogP contribution is -2.32. The second-order valence-corrected chi connectivity index (χ2v) is 7.84. The predicted octanol–water partition coefficient (Wildman–Crippen LogP) is 2.44. The van der Waals surface area contributed by atoms with Crippen LogP contribution in [0.2, 0.25) is 0 Å². The Hall–Kier alpha value is -3.82. The van der Waals surface area contributed by atoms with Crippen LogP contribution in [-0.4, -0.2) is 28.9 Å². The Bertz CT molecular complexity index is 1090. The summed E-state index contributed by atoms with van der Waals surface area (Å²) in [6.45, 7) is 3.09. The van der Waals surface area contributed by atoms with Gasteiger partial charge in [-0.05, 0) is 37.1 Å². The molecule has 158 valence electrons. The van der Waals surface area contributed by atoms with Gasteiger partial charge in [-0.15, -0.1) is 0 Å². The van der Waals surface area contributed by atoms with E-state index in [0.29, 0.717) is 11.4 Å². The molecule has 1 aromatic heterocycles. The van der Waals surface area contributed by atoms with Crippen molar-refractivity contribution in [3.05, 3.63) is 46.5 Å². The average Bonchev–Trinajstić information content (AvgIpc) is 3.02. The first-order valence-corrected chi connectivity index (χ1v) is 10.4. The van der Waals surface area contributed by atoms with Crippen molar-refractivity contribution in [3.8, 4) is 12.3 Å². The quantitative estimate of drug-likeness (QED) is 0.440. The molecule has 1 atom stereocenters. The lowest BCUT2D eigenvalue weighted by molar-refractivity contribution is 0.277. The van der Waals surface area contributed by atoms with E-state index in [9.17, 15) is 5.26 Å². The molecule has 0 spiro atoms. The zero-order valence-corrected chi connectivity index (χ0v) is 17.2. The molecule has 1 aromatic carbocycles. The molecule has 3 heterocycles. The third-order valence-corrected chi connectivity index (χ3v) is 5.73. The molecule has 6 N–H and O–H groups in total. The second kappa shape index (κ2) is 8.90. The maximum atomic E-state index is 9.48. The van der Waals surface area contributed by atoms with Crippen molar-refractivity contribution >= 4 is 23.3 Å². The molecule has 1 fully saturated rings. The van der Waals surface area contributed by atoms with E-state index in [1.807, 2.05) is 24.4 Å². The van der Waals surface area contributed by atoms with Gasteiger partial charge in [-0.2, -0.15) is 10.5 Å². The summed E-state index contributed by atoms with van der Waals surface area (Å²) in [4.78, 5) is 11.4. The SMILES string of the molecule is N#CNC1=NC(c2cccc(CN3CCCCCC3)c2)c2c(nc(N)c(C#N)c2N)N1. The smallest absolute Gasteiger partial charge is 0.211 e. The Morgan fingerprint density at radius 1 is 1.16 bits per heavy atom. The number of guanidine groups is 1. The minimum Gasteiger partial charge on any atom is -0.397 e. The zero-order chi connectivity index (χ0) is 21.8. The predicted molar refractivity (Wildman–Crippen MR) is 120 cm³/mol. The lowest BCUT2D eigenvalue weighted by atomic mass is 9.94. The first-order valence-electron chi connectivity index (χ1n) is 10.4. The van der Waals surface area contributed by atoms with Crippen LogP contribution in [0.1, 0.15) is 54.0 Å². The fourth-order valence-corrected chi connectivity index (χ4v) is 4.24. The molecule has 1 saturated heterocycles. The summed E-state index contributed by atoms with van der Waals surface area (Å²) in [6.07, 6.45) is 6.92. The van der Waals surface area contributed by atoms with Crippen molar-refractivity contribution in [2.45, 2.75) is 38.3 Å². The fraction of sp³-hybridized carbons (Fsp3) is 0.364. The van der Waals surface area contributed by atoms with Crippen molar-refractivity contribution < 1.29 is 0 Å². The van der Waals surface area contributed by atoms with Crippen LogP contribution in [0.3, 0.4) is 0 Å². The van der Waals surface area contributed by atoms with Gasteiger partial charge in [-0.1, -0.05) is 37.1 Å². The molecule has 4 rings (SSSR count). The highest BCUT2D eigenvalue weighted by Gasteiger charge is 2.29.